The molecule has 0 radical (unpaired) electrons. The third kappa shape index (κ3) is 5.96. The van der Waals surface area contributed by atoms with E-state index in [1.807, 2.05) is 0 Å². The summed E-state index contributed by atoms with van der Waals surface area (Å²) in [4.78, 5) is 51.5. The van der Waals surface area contributed by atoms with Crippen molar-refractivity contribution in [2.75, 3.05) is 11.5 Å². The number of hydrogen-bond acceptors (Lipinski definition) is 14. The van der Waals surface area contributed by atoms with Gasteiger partial charge in [0.05, 0.1) is 0 Å². The van der Waals surface area contributed by atoms with Crippen molar-refractivity contribution >= 4 is 47.3 Å². The molecule has 0 spiro atoms. The molecule has 8 atom stereocenters. The molecule has 0 saturated carbocycles. The summed E-state index contributed by atoms with van der Waals surface area (Å²) in [6.07, 6.45) is -11.2. The molecule has 5 rings (SSSR count). The highest BCUT2D eigenvalue weighted by Gasteiger charge is 2.55. The Morgan fingerprint density at radius 3 is 2.51 bits per heavy atom. The number of ether oxygens (including phenoxy) is 2. The number of fused-ring (bicyclic) bond motifs is 1. The first-order valence-corrected chi connectivity index (χ1v) is 14.7. The number of carbonyl (C=O) groups excluding carboxylic acids is 2. The minimum absolute atomic E-state index is 0.191. The number of benzene rings is 1. The van der Waals surface area contributed by atoms with Crippen molar-refractivity contribution < 1.29 is 54.2 Å². The second kappa shape index (κ2) is 12.6. The number of aliphatic carboxylic acids is 2. The number of hydrogen-bond donors (Lipinski definition) is 6. The molecule has 2 saturated heterocycles. The molecule has 1 aromatic heterocycles. The lowest BCUT2D eigenvalue weighted by atomic mass is 9.98. The Balaban J connectivity index is 1.33. The maximum Gasteiger partial charge on any atom is 0.352 e. The lowest BCUT2D eigenvalue weighted by molar-refractivity contribution is -0.302. The first kappa shape index (κ1) is 30.9. The lowest BCUT2D eigenvalue weighted by Gasteiger charge is -2.49. The van der Waals surface area contributed by atoms with Gasteiger partial charge in [0.15, 0.2) is 18.5 Å². The van der Waals surface area contributed by atoms with E-state index in [9.17, 15) is 44.7 Å². The molecular weight excluding hydrogens is 612 g/mol. The highest BCUT2D eigenvalue weighted by Crippen LogP contribution is 2.42. The summed E-state index contributed by atoms with van der Waals surface area (Å²) in [5.74, 6) is -4.02. The van der Waals surface area contributed by atoms with Crippen LogP contribution >= 0.6 is 23.5 Å². The molecular formula is C24H26N6O11S2. The second-order valence-corrected chi connectivity index (χ2v) is 11.7. The third-order valence-corrected chi connectivity index (χ3v) is 9.36. The van der Waals surface area contributed by atoms with Crippen LogP contribution in [-0.2, 0) is 35.7 Å². The highest BCUT2D eigenvalue weighted by atomic mass is 32.2. The largest absolute Gasteiger partial charge is 0.479 e. The fourth-order valence-corrected chi connectivity index (χ4v) is 7.07. The smallest absolute Gasteiger partial charge is 0.352 e. The van der Waals surface area contributed by atoms with Crippen LogP contribution < -0.4 is 5.32 Å². The van der Waals surface area contributed by atoms with Gasteiger partial charge in [-0.25, -0.2) is 14.3 Å². The molecule has 4 heterocycles. The van der Waals surface area contributed by atoms with E-state index in [1.165, 1.54) is 40.3 Å². The maximum absolute atomic E-state index is 13.5. The Labute approximate surface area is 250 Å². The predicted octanol–water partition coefficient (Wildman–Crippen LogP) is -2.31. The van der Waals surface area contributed by atoms with Gasteiger partial charge < -0.3 is 40.3 Å². The number of carboxylic acids is 2. The van der Waals surface area contributed by atoms with Gasteiger partial charge in [0.25, 0.3) is 11.8 Å². The second-order valence-electron chi connectivity index (χ2n) is 9.69. The number of nitrogens with zero attached hydrogens (tertiary/aromatic N) is 5. The van der Waals surface area contributed by atoms with Gasteiger partial charge in [0, 0.05) is 18.6 Å². The summed E-state index contributed by atoms with van der Waals surface area (Å²) < 4.78 is 12.3. The van der Waals surface area contributed by atoms with Crippen molar-refractivity contribution in [1.82, 2.24) is 30.4 Å². The molecule has 3 aliphatic heterocycles. The zero-order chi connectivity index (χ0) is 31.0. The van der Waals surface area contributed by atoms with E-state index in [2.05, 4.69) is 20.8 Å². The van der Waals surface area contributed by atoms with Crippen LogP contribution in [0.3, 0.4) is 0 Å². The SMILES string of the molecule is Cn1nnnc1SCC1=C(C(=O)O)N2C(=O)[C@@H](NC(=O)[C@H](OC3OC(C(=O)O)C(O)C(O)C3O)c3ccccc3)[C@H]2SC1. The maximum atomic E-state index is 13.5. The normalized spacial score (nSPS) is 29.4. The van der Waals surface area contributed by atoms with E-state index < -0.39 is 72.0 Å². The number of aliphatic hydroxyl groups excluding tert-OH is 3. The predicted molar refractivity (Wildman–Crippen MR) is 144 cm³/mol. The van der Waals surface area contributed by atoms with Crippen LogP contribution in [0.5, 0.6) is 0 Å². The number of aliphatic hydroxyl groups is 3. The van der Waals surface area contributed by atoms with Gasteiger partial charge in [0.2, 0.25) is 5.16 Å². The molecule has 17 nitrogen and oxygen atoms in total. The fraction of sp³-hybridized carbons (Fsp3) is 0.458. The van der Waals surface area contributed by atoms with E-state index in [1.54, 1.807) is 25.2 Å². The first-order valence-electron chi connectivity index (χ1n) is 12.7. The number of carboxylic acid groups (broad SMARTS) is 2. The molecule has 19 heteroatoms. The third-order valence-electron chi connectivity index (χ3n) is 6.93. The summed E-state index contributed by atoms with van der Waals surface area (Å²) in [7, 11) is 1.64. The van der Waals surface area contributed by atoms with Crippen molar-refractivity contribution in [2.45, 2.75) is 53.4 Å². The van der Waals surface area contributed by atoms with Gasteiger partial charge in [-0.3, -0.25) is 14.5 Å². The molecule has 1 aromatic carbocycles. The lowest BCUT2D eigenvalue weighted by Crippen LogP contribution is -2.71. The summed E-state index contributed by atoms with van der Waals surface area (Å²) in [5, 5.41) is 63.3. The van der Waals surface area contributed by atoms with E-state index >= 15 is 0 Å². The number of tetrazole rings is 1. The number of amides is 2. The Hall–Kier alpha value is -3.59. The summed E-state index contributed by atoms with van der Waals surface area (Å²) >= 11 is 2.46. The van der Waals surface area contributed by atoms with Crippen LogP contribution in [0.15, 0.2) is 46.8 Å². The van der Waals surface area contributed by atoms with Crippen molar-refractivity contribution in [3.63, 3.8) is 0 Å². The molecule has 0 aliphatic carbocycles. The number of rotatable bonds is 10. The standard InChI is InChI=1S/C24H26N6O11S2/c1-29-24(26-27-28-29)43-8-10-7-42-20-11(19(35)30(20)12(10)21(36)37)25-18(34)16(9-5-3-2-4-6-9)40-23-15(33)13(31)14(32)17(41-23)22(38)39/h2-6,11,13-17,20,23,31-33H,7-8H2,1H3,(H,25,34)(H,36,37)(H,38,39)/t11-,13?,14?,15?,16-,17?,20-,23?/m1/s1. The minimum atomic E-state index is -1.96. The molecule has 43 heavy (non-hydrogen) atoms. The molecule has 2 amide bonds. The first-order chi connectivity index (χ1) is 20.5. The highest BCUT2D eigenvalue weighted by molar-refractivity contribution is 8.01. The molecule has 2 fully saturated rings. The molecule has 0 bridgehead atoms. The molecule has 2 aromatic rings. The number of aromatic nitrogens is 4. The van der Waals surface area contributed by atoms with E-state index in [4.69, 9.17) is 9.47 Å². The fourth-order valence-electron chi connectivity index (χ4n) is 4.74. The number of aryl methyl sites for hydroxylation is 1. The molecule has 5 unspecified atom stereocenters. The van der Waals surface area contributed by atoms with E-state index in [-0.39, 0.29) is 22.8 Å². The van der Waals surface area contributed by atoms with Crippen LogP contribution in [0.25, 0.3) is 0 Å². The van der Waals surface area contributed by atoms with Crippen LogP contribution in [-0.4, -0.2) is 128 Å². The minimum Gasteiger partial charge on any atom is -0.479 e. The van der Waals surface area contributed by atoms with Gasteiger partial charge >= 0.3 is 11.9 Å². The monoisotopic (exact) mass is 638 g/mol. The summed E-state index contributed by atoms with van der Waals surface area (Å²) in [6, 6.07) is 6.72. The van der Waals surface area contributed by atoms with Crippen molar-refractivity contribution in [2.24, 2.45) is 7.05 Å². The topological polar surface area (TPSA) is 247 Å². The summed E-state index contributed by atoms with van der Waals surface area (Å²) in [6.45, 7) is 0. The Morgan fingerprint density at radius 1 is 1.16 bits per heavy atom. The summed E-state index contributed by atoms with van der Waals surface area (Å²) in [5.41, 5.74) is 0.526. The Bertz CT molecular complexity index is 1440. The number of nitrogens with one attached hydrogen (secondary N) is 1. The van der Waals surface area contributed by atoms with Crippen LogP contribution in [0.4, 0.5) is 0 Å². The van der Waals surface area contributed by atoms with Crippen molar-refractivity contribution in [1.29, 1.82) is 0 Å². The van der Waals surface area contributed by atoms with Crippen molar-refractivity contribution in [3.8, 4) is 0 Å². The molecule has 230 valence electrons. The Morgan fingerprint density at radius 2 is 1.88 bits per heavy atom. The van der Waals surface area contributed by atoms with Gasteiger partial charge in [-0.15, -0.1) is 16.9 Å². The average molecular weight is 639 g/mol. The molecule has 3 aliphatic rings. The van der Waals surface area contributed by atoms with Gasteiger partial charge in [0.1, 0.15) is 35.4 Å². The van der Waals surface area contributed by atoms with Crippen LogP contribution in [0.2, 0.25) is 0 Å². The van der Waals surface area contributed by atoms with Crippen molar-refractivity contribution in [3.05, 3.63) is 47.2 Å². The Kier molecular flexibility index (Phi) is 9.02. The van der Waals surface area contributed by atoms with Crippen LogP contribution in [0.1, 0.15) is 11.7 Å². The van der Waals surface area contributed by atoms with E-state index in [0.29, 0.717) is 10.7 Å². The number of carbonyl (C=O) groups is 4. The average Bonchev–Trinajstić information content (AvgIpc) is 3.40. The van der Waals surface area contributed by atoms with Crippen LogP contribution in [0, 0.1) is 0 Å². The zero-order valence-corrected chi connectivity index (χ0v) is 23.8. The van der Waals surface area contributed by atoms with Gasteiger partial charge in [-0.2, -0.15) is 0 Å². The van der Waals surface area contributed by atoms with Gasteiger partial charge in [-0.05, 0) is 21.6 Å². The quantitative estimate of drug-likeness (QED) is 0.118. The number of β-lactam (4-membered cyclic amide) rings is 1. The molecule has 6 N–H and O–H groups in total. The van der Waals surface area contributed by atoms with Gasteiger partial charge in [-0.1, -0.05) is 42.1 Å². The van der Waals surface area contributed by atoms with E-state index in [0.717, 1.165) is 4.90 Å². The zero-order valence-electron chi connectivity index (χ0n) is 22.2. The number of thioether (sulfide) groups is 2.